The molecule has 0 aliphatic carbocycles. The minimum absolute atomic E-state index is 0.0442. The number of nitrogens with one attached hydrogen (secondary N) is 2. The highest BCUT2D eigenvalue weighted by molar-refractivity contribution is 5.86. The lowest BCUT2D eigenvalue weighted by atomic mass is 9.87. The molecule has 0 saturated carbocycles. The number of H-pyrrole nitrogens is 2. The number of carbonyl (C=O) groups is 2. The van der Waals surface area contributed by atoms with Gasteiger partial charge in [-0.25, -0.2) is 9.97 Å². The average molecular weight is 894 g/mol. The molecule has 9 nitrogen and oxygen atoms in total. The quantitative estimate of drug-likeness (QED) is 0.135. The fourth-order valence-corrected chi connectivity index (χ4v) is 11.7. The number of hydrogen-bond acceptors (Lipinski definition) is 5. The average Bonchev–Trinajstić information content (AvgIpc) is 4.18. The summed E-state index contributed by atoms with van der Waals surface area (Å²) in [5, 5.41) is 0. The number of benzene rings is 5. The number of fused-ring (bicyclic) bond motifs is 2. The van der Waals surface area contributed by atoms with E-state index >= 15 is 0 Å². The third-order valence-electron chi connectivity index (χ3n) is 15.1. The number of anilines is 1. The van der Waals surface area contributed by atoms with E-state index in [1.165, 1.54) is 22.4 Å². The molecule has 3 aliphatic rings. The molecule has 3 saturated heterocycles. The van der Waals surface area contributed by atoms with Gasteiger partial charge >= 0.3 is 0 Å². The lowest BCUT2D eigenvalue weighted by Crippen LogP contribution is -2.37. The zero-order chi connectivity index (χ0) is 46.6. The Balaban J connectivity index is 0.944. The summed E-state index contributed by atoms with van der Waals surface area (Å²) in [5.41, 5.74) is 11.1. The first-order chi connectivity index (χ1) is 32.3. The molecule has 2 N–H and O–H groups in total. The molecule has 7 aromatic rings. The molecule has 10 rings (SSSR count). The normalized spacial score (nSPS) is 21.1. The molecule has 5 heterocycles. The van der Waals surface area contributed by atoms with Crippen LogP contribution in [0.3, 0.4) is 0 Å². The third-order valence-corrected chi connectivity index (χ3v) is 15.1. The summed E-state index contributed by atoms with van der Waals surface area (Å²) in [7, 11) is 0. The molecule has 0 bridgehead atoms. The van der Waals surface area contributed by atoms with Crippen molar-refractivity contribution in [3.63, 3.8) is 0 Å². The van der Waals surface area contributed by atoms with Crippen LogP contribution in [-0.4, -0.2) is 54.6 Å². The van der Waals surface area contributed by atoms with Crippen molar-refractivity contribution in [3.05, 3.63) is 161 Å². The summed E-state index contributed by atoms with van der Waals surface area (Å²) in [4.78, 5) is 53.2. The van der Waals surface area contributed by atoms with Crippen molar-refractivity contribution in [2.24, 2.45) is 11.8 Å². The Morgan fingerprint density at radius 2 is 0.985 bits per heavy atom. The van der Waals surface area contributed by atoms with Crippen LogP contribution in [0.15, 0.2) is 121 Å². The lowest BCUT2D eigenvalue weighted by molar-refractivity contribution is -0.135. The van der Waals surface area contributed by atoms with E-state index in [1.807, 2.05) is 36.4 Å². The van der Waals surface area contributed by atoms with Crippen molar-refractivity contribution in [2.75, 3.05) is 18.0 Å². The second kappa shape index (κ2) is 18.1. The Morgan fingerprint density at radius 1 is 0.552 bits per heavy atom. The molecule has 9 heteroatoms. The Labute approximate surface area is 396 Å². The van der Waals surface area contributed by atoms with Crippen molar-refractivity contribution < 1.29 is 9.59 Å². The smallest absolute Gasteiger partial charge is 0.230 e. The molecule has 6 atom stereocenters. The SMILES string of the molecule is CC(C)C(C(=O)N1CCC[C@H]1c1nc2ccc([C@H]3CC[C@H](c4ccc5nc([C@@H]6CCCN6C(=O)C(c6ccccc6)C(C)C)[nH]c5c4)N3c3ccc(C(C)(C)C)cc3)cc2[nH]1)c1ccccc1. The van der Waals surface area contributed by atoms with Crippen LogP contribution < -0.4 is 4.90 Å². The van der Waals surface area contributed by atoms with Crippen molar-refractivity contribution in [1.29, 1.82) is 0 Å². The molecule has 346 valence electrons. The second-order valence-electron chi connectivity index (χ2n) is 21.3. The van der Waals surface area contributed by atoms with Crippen LogP contribution in [0.2, 0.25) is 0 Å². The van der Waals surface area contributed by atoms with Crippen LogP contribution in [0.25, 0.3) is 22.1 Å². The van der Waals surface area contributed by atoms with E-state index in [9.17, 15) is 9.59 Å². The molecule has 2 amide bonds. The van der Waals surface area contributed by atoms with Crippen molar-refractivity contribution in [1.82, 2.24) is 29.7 Å². The van der Waals surface area contributed by atoms with Crippen LogP contribution in [0.1, 0.15) is 162 Å². The van der Waals surface area contributed by atoms with Gasteiger partial charge in [0.1, 0.15) is 11.6 Å². The van der Waals surface area contributed by atoms with E-state index < -0.39 is 0 Å². The number of rotatable bonds is 11. The number of nitrogens with zero attached hydrogens (tertiary/aromatic N) is 5. The van der Waals surface area contributed by atoms with Crippen LogP contribution in [0.4, 0.5) is 5.69 Å². The lowest BCUT2D eigenvalue weighted by Gasteiger charge is -2.34. The Kier molecular flexibility index (Phi) is 12.1. The predicted octanol–water partition coefficient (Wildman–Crippen LogP) is 13.0. The zero-order valence-electron chi connectivity index (χ0n) is 40.4. The number of imidazole rings is 2. The summed E-state index contributed by atoms with van der Waals surface area (Å²) in [6.45, 7) is 16.9. The predicted molar refractivity (Wildman–Crippen MR) is 270 cm³/mol. The minimum atomic E-state index is -0.191. The van der Waals surface area contributed by atoms with E-state index in [0.29, 0.717) is 0 Å². The van der Waals surface area contributed by atoms with Gasteiger partial charge in [0, 0.05) is 18.8 Å². The van der Waals surface area contributed by atoms with Gasteiger partial charge in [-0.05, 0) is 120 Å². The van der Waals surface area contributed by atoms with Gasteiger partial charge in [0.25, 0.3) is 0 Å². The van der Waals surface area contributed by atoms with Crippen LogP contribution in [0, 0.1) is 11.8 Å². The Hall–Kier alpha value is -6.22. The highest BCUT2D eigenvalue weighted by atomic mass is 16.2. The maximum atomic E-state index is 14.3. The summed E-state index contributed by atoms with van der Waals surface area (Å²) < 4.78 is 0. The van der Waals surface area contributed by atoms with Gasteiger partial charge in [-0.1, -0.05) is 133 Å². The van der Waals surface area contributed by atoms with Gasteiger partial charge in [0.2, 0.25) is 11.8 Å². The van der Waals surface area contributed by atoms with Crippen molar-refractivity contribution >= 4 is 39.6 Å². The molecule has 3 aliphatic heterocycles. The molecule has 5 aromatic carbocycles. The first-order valence-corrected chi connectivity index (χ1v) is 24.9. The maximum Gasteiger partial charge on any atom is 0.230 e. The number of aromatic nitrogens is 4. The van der Waals surface area contributed by atoms with Crippen LogP contribution in [-0.2, 0) is 15.0 Å². The molecule has 2 aromatic heterocycles. The van der Waals surface area contributed by atoms with Crippen LogP contribution in [0.5, 0.6) is 0 Å². The number of aromatic amines is 2. The van der Waals surface area contributed by atoms with Gasteiger partial charge in [0.05, 0.1) is 58.1 Å². The summed E-state index contributed by atoms with van der Waals surface area (Å²) >= 11 is 0. The van der Waals surface area contributed by atoms with Gasteiger partial charge in [-0.2, -0.15) is 0 Å². The highest BCUT2D eigenvalue weighted by Crippen LogP contribution is 2.48. The number of likely N-dealkylation sites (tertiary alicyclic amines) is 2. The first kappa shape index (κ1) is 44.6. The van der Waals surface area contributed by atoms with Gasteiger partial charge in [-0.15, -0.1) is 0 Å². The number of hydrogen-bond donors (Lipinski definition) is 2. The van der Waals surface area contributed by atoms with E-state index in [2.05, 4.69) is 158 Å². The minimum Gasteiger partial charge on any atom is -0.357 e. The summed E-state index contributed by atoms with van der Waals surface area (Å²) in [6.07, 6.45) is 5.69. The zero-order valence-corrected chi connectivity index (χ0v) is 40.4. The van der Waals surface area contributed by atoms with Crippen molar-refractivity contribution in [2.45, 2.75) is 128 Å². The summed E-state index contributed by atoms with van der Waals surface area (Å²) in [5.74, 6) is 2.11. The molecule has 2 unspecified atom stereocenters. The Morgan fingerprint density at radius 3 is 1.39 bits per heavy atom. The van der Waals surface area contributed by atoms with Gasteiger partial charge in [-0.3, -0.25) is 9.59 Å². The number of carbonyl (C=O) groups excluding carboxylic acids is 2. The van der Waals surface area contributed by atoms with E-state index in [-0.39, 0.29) is 65.1 Å². The topological polar surface area (TPSA) is 101 Å². The highest BCUT2D eigenvalue weighted by Gasteiger charge is 2.40. The summed E-state index contributed by atoms with van der Waals surface area (Å²) in [6, 6.07) is 43.3. The standard InChI is InChI=1S/C58H67N7O2/c1-36(2)52(38-16-10-8-11-17-38)56(66)63-32-14-20-50(63)54-59-44-28-22-40(34-46(44)61-54)48-30-31-49(65(48)43-26-24-42(25-27-43)58(5,6)7)41-23-29-45-47(35-41)62-55(60-45)51-21-15-33-64(51)57(67)53(37(3)4)39-18-12-9-13-19-39/h8-13,16-19,22-29,34-37,48-53H,14-15,20-21,30-33H2,1-7H3,(H,59,61)(H,60,62)/t48-,49-,50+,51+,52?,53?/m1/s1. The fraction of sp³-hybridized carbons (Fsp3) is 0.414. The molecule has 67 heavy (non-hydrogen) atoms. The maximum absolute atomic E-state index is 14.3. The van der Waals surface area contributed by atoms with Gasteiger partial charge < -0.3 is 24.7 Å². The molecule has 0 spiro atoms. The second-order valence-corrected chi connectivity index (χ2v) is 21.3. The Bertz CT molecular complexity index is 2690. The largest absolute Gasteiger partial charge is 0.357 e. The molecular weight excluding hydrogens is 827 g/mol. The fourth-order valence-electron chi connectivity index (χ4n) is 11.7. The number of amides is 2. The monoisotopic (exact) mass is 894 g/mol. The van der Waals surface area contributed by atoms with E-state index in [4.69, 9.17) is 9.97 Å². The first-order valence-electron chi connectivity index (χ1n) is 24.9. The van der Waals surface area contributed by atoms with E-state index in [1.54, 1.807) is 0 Å². The molecule has 0 radical (unpaired) electrons. The van der Waals surface area contributed by atoms with Crippen molar-refractivity contribution in [3.8, 4) is 0 Å². The van der Waals surface area contributed by atoms with E-state index in [0.717, 1.165) is 96.5 Å². The third kappa shape index (κ3) is 8.55. The van der Waals surface area contributed by atoms with Gasteiger partial charge in [0.15, 0.2) is 0 Å². The molecular formula is C58H67N7O2. The van der Waals surface area contributed by atoms with Crippen LogP contribution >= 0.6 is 0 Å². The molecule has 3 fully saturated rings.